The van der Waals surface area contributed by atoms with Crippen LogP contribution in [0.2, 0.25) is 10.2 Å². The Kier molecular flexibility index (Phi) is 5.02. The molecule has 5 rings (SSSR count). The van der Waals surface area contributed by atoms with E-state index in [9.17, 15) is 4.79 Å². The Morgan fingerprint density at radius 2 is 1.71 bits per heavy atom. The van der Waals surface area contributed by atoms with Crippen LogP contribution in [0.15, 0.2) is 77.3 Å². The molecule has 31 heavy (non-hydrogen) atoms. The van der Waals surface area contributed by atoms with Crippen molar-refractivity contribution in [3.63, 3.8) is 0 Å². The van der Waals surface area contributed by atoms with Crippen LogP contribution in [0, 0.1) is 0 Å². The second kappa shape index (κ2) is 7.98. The fourth-order valence-electron chi connectivity index (χ4n) is 3.43. The van der Waals surface area contributed by atoms with E-state index in [1.165, 1.54) is 0 Å². The zero-order valence-electron chi connectivity index (χ0n) is 16.0. The molecule has 5 aromatic rings. The minimum atomic E-state index is -0.439. The van der Waals surface area contributed by atoms with Crippen molar-refractivity contribution in [1.82, 2.24) is 19.7 Å². The number of benzene rings is 2. The molecule has 3 heterocycles. The van der Waals surface area contributed by atoms with Gasteiger partial charge in [0.15, 0.2) is 0 Å². The SMILES string of the molecule is O=C(c1nnc(-c2ccccn2)o1)c1c(Cl)n(Cc2ccc(Cl)cc2)c2ccccc12. The summed E-state index contributed by atoms with van der Waals surface area (Å²) in [4.78, 5) is 17.5. The van der Waals surface area contributed by atoms with Gasteiger partial charge in [0.05, 0.1) is 11.1 Å². The van der Waals surface area contributed by atoms with E-state index in [0.29, 0.717) is 33.4 Å². The predicted octanol–water partition coefficient (Wildman–Crippen LogP) is 5.67. The highest BCUT2D eigenvalue weighted by Crippen LogP contribution is 2.33. The Morgan fingerprint density at radius 3 is 2.48 bits per heavy atom. The van der Waals surface area contributed by atoms with Crippen LogP contribution < -0.4 is 0 Å². The molecular formula is C23H14Cl2N4O2. The summed E-state index contributed by atoms with van der Waals surface area (Å²) in [5.74, 6) is -0.410. The minimum absolute atomic E-state index is 0.142. The van der Waals surface area contributed by atoms with Crippen LogP contribution in [0.25, 0.3) is 22.5 Å². The van der Waals surface area contributed by atoms with Crippen LogP contribution in [-0.4, -0.2) is 25.5 Å². The predicted molar refractivity (Wildman–Crippen MR) is 118 cm³/mol. The topological polar surface area (TPSA) is 73.8 Å². The van der Waals surface area contributed by atoms with Gasteiger partial charge in [-0.1, -0.05) is 59.6 Å². The third-order valence-corrected chi connectivity index (χ3v) is 5.54. The summed E-state index contributed by atoms with van der Waals surface area (Å²) in [7, 11) is 0. The average molecular weight is 449 g/mol. The molecule has 0 aliphatic rings. The Bertz CT molecular complexity index is 1390. The molecule has 0 radical (unpaired) electrons. The summed E-state index contributed by atoms with van der Waals surface area (Å²) in [5, 5.41) is 9.57. The summed E-state index contributed by atoms with van der Waals surface area (Å²) in [6.07, 6.45) is 1.61. The number of hydrogen-bond acceptors (Lipinski definition) is 5. The monoisotopic (exact) mass is 448 g/mol. The number of ketones is 1. The van der Waals surface area contributed by atoms with E-state index in [4.69, 9.17) is 27.6 Å². The summed E-state index contributed by atoms with van der Waals surface area (Å²) in [6.45, 7) is 0.479. The van der Waals surface area contributed by atoms with Crippen molar-refractivity contribution in [3.05, 3.63) is 100 Å². The first-order valence-electron chi connectivity index (χ1n) is 9.42. The second-order valence-corrected chi connectivity index (χ2v) is 7.65. The van der Waals surface area contributed by atoms with E-state index < -0.39 is 5.78 Å². The molecule has 2 aromatic carbocycles. The van der Waals surface area contributed by atoms with Gasteiger partial charge in [0.2, 0.25) is 0 Å². The highest BCUT2D eigenvalue weighted by molar-refractivity contribution is 6.36. The van der Waals surface area contributed by atoms with Crippen LogP contribution in [0.5, 0.6) is 0 Å². The molecule has 6 nitrogen and oxygen atoms in total. The normalized spacial score (nSPS) is 11.2. The maximum absolute atomic E-state index is 13.3. The molecule has 0 unspecified atom stereocenters. The molecule has 0 saturated heterocycles. The molecule has 0 fully saturated rings. The van der Waals surface area contributed by atoms with Gasteiger partial charge in [0.25, 0.3) is 17.6 Å². The number of halogens is 2. The molecule has 152 valence electrons. The number of nitrogens with zero attached hydrogens (tertiary/aromatic N) is 4. The number of aromatic nitrogens is 4. The maximum Gasteiger partial charge on any atom is 0.289 e. The summed E-state index contributed by atoms with van der Waals surface area (Å²) in [5.41, 5.74) is 2.64. The molecule has 0 saturated carbocycles. The molecule has 3 aromatic heterocycles. The largest absolute Gasteiger partial charge is 0.412 e. The summed E-state index contributed by atoms with van der Waals surface area (Å²) >= 11 is 12.7. The first kappa shape index (κ1) is 19.5. The lowest BCUT2D eigenvalue weighted by molar-refractivity contribution is 0.100. The van der Waals surface area contributed by atoms with Crippen molar-refractivity contribution < 1.29 is 9.21 Å². The van der Waals surface area contributed by atoms with Crippen molar-refractivity contribution in [1.29, 1.82) is 0 Å². The number of fused-ring (bicyclic) bond motifs is 1. The number of para-hydroxylation sites is 1. The standard InChI is InChI=1S/C23H14Cl2N4O2/c24-15-10-8-14(9-11-15)13-29-18-7-2-1-5-16(18)19(21(29)25)20(30)23-28-27-22(31-23)17-6-3-4-12-26-17/h1-12H,13H2. The molecule has 0 bridgehead atoms. The first-order chi connectivity index (χ1) is 15.1. The summed E-state index contributed by atoms with van der Waals surface area (Å²) < 4.78 is 7.49. The van der Waals surface area contributed by atoms with Gasteiger partial charge in [-0.15, -0.1) is 10.2 Å². The van der Waals surface area contributed by atoms with Crippen LogP contribution in [0.3, 0.4) is 0 Å². The van der Waals surface area contributed by atoms with E-state index in [1.54, 1.807) is 24.4 Å². The van der Waals surface area contributed by atoms with E-state index in [1.807, 2.05) is 53.1 Å². The smallest absolute Gasteiger partial charge is 0.289 e. The van der Waals surface area contributed by atoms with Crippen molar-refractivity contribution in [3.8, 4) is 11.6 Å². The molecule has 0 N–H and O–H groups in total. The van der Waals surface area contributed by atoms with E-state index in [0.717, 1.165) is 11.1 Å². The lowest BCUT2D eigenvalue weighted by atomic mass is 10.1. The zero-order valence-corrected chi connectivity index (χ0v) is 17.5. The van der Waals surface area contributed by atoms with E-state index in [2.05, 4.69) is 15.2 Å². The fraction of sp³-hybridized carbons (Fsp3) is 0.0435. The lowest BCUT2D eigenvalue weighted by Crippen LogP contribution is -2.04. The molecule has 0 aliphatic heterocycles. The van der Waals surface area contributed by atoms with Gasteiger partial charge < -0.3 is 8.98 Å². The van der Waals surface area contributed by atoms with Gasteiger partial charge in [-0.05, 0) is 35.9 Å². The quantitative estimate of drug-likeness (QED) is 0.323. The average Bonchev–Trinajstić information content (AvgIpc) is 3.40. The Balaban J connectivity index is 1.57. The summed E-state index contributed by atoms with van der Waals surface area (Å²) in [6, 6.07) is 20.3. The number of pyridine rings is 1. The third-order valence-electron chi connectivity index (χ3n) is 4.89. The number of hydrogen-bond donors (Lipinski definition) is 0. The molecule has 0 aliphatic carbocycles. The first-order valence-corrected chi connectivity index (χ1v) is 10.2. The van der Waals surface area contributed by atoms with Crippen molar-refractivity contribution in [2.75, 3.05) is 0 Å². The number of rotatable bonds is 5. The molecule has 0 atom stereocenters. The highest BCUT2D eigenvalue weighted by atomic mass is 35.5. The van der Waals surface area contributed by atoms with Crippen LogP contribution in [0.4, 0.5) is 0 Å². The van der Waals surface area contributed by atoms with Gasteiger partial charge in [-0.3, -0.25) is 9.78 Å². The minimum Gasteiger partial charge on any atom is -0.412 e. The molecule has 8 heteroatoms. The van der Waals surface area contributed by atoms with Crippen molar-refractivity contribution >= 4 is 39.9 Å². The van der Waals surface area contributed by atoms with E-state index >= 15 is 0 Å². The fourth-order valence-corrected chi connectivity index (χ4v) is 3.89. The molecular weight excluding hydrogens is 435 g/mol. The number of carbonyl (C=O) groups is 1. The Labute approximate surface area is 187 Å². The zero-order chi connectivity index (χ0) is 21.4. The molecule has 0 amide bonds. The van der Waals surface area contributed by atoms with Gasteiger partial charge in [0, 0.05) is 23.2 Å². The molecule has 0 spiro atoms. The van der Waals surface area contributed by atoms with Gasteiger partial charge in [-0.25, -0.2) is 0 Å². The number of carbonyl (C=O) groups excluding carboxylic acids is 1. The Hall–Kier alpha value is -3.48. The van der Waals surface area contributed by atoms with Crippen LogP contribution >= 0.6 is 23.2 Å². The third kappa shape index (κ3) is 3.60. The van der Waals surface area contributed by atoms with Gasteiger partial charge >= 0.3 is 0 Å². The van der Waals surface area contributed by atoms with Crippen LogP contribution in [-0.2, 0) is 6.54 Å². The highest BCUT2D eigenvalue weighted by Gasteiger charge is 2.26. The Morgan fingerprint density at radius 1 is 0.935 bits per heavy atom. The second-order valence-electron chi connectivity index (χ2n) is 6.85. The van der Waals surface area contributed by atoms with Crippen LogP contribution in [0.1, 0.15) is 21.8 Å². The van der Waals surface area contributed by atoms with Crippen molar-refractivity contribution in [2.45, 2.75) is 6.54 Å². The van der Waals surface area contributed by atoms with Crippen molar-refractivity contribution in [2.24, 2.45) is 0 Å². The lowest BCUT2D eigenvalue weighted by Gasteiger charge is -2.07. The maximum atomic E-state index is 13.3. The van der Waals surface area contributed by atoms with Gasteiger partial charge in [-0.2, -0.15) is 0 Å². The van der Waals surface area contributed by atoms with Gasteiger partial charge in [0.1, 0.15) is 10.8 Å². The van der Waals surface area contributed by atoms with E-state index in [-0.39, 0.29) is 11.8 Å².